The Morgan fingerprint density at radius 3 is 1.19 bits per heavy atom. The van der Waals surface area contributed by atoms with Crippen LogP contribution in [-0.2, 0) is 31.4 Å². The quantitative estimate of drug-likeness (QED) is 0.169. The van der Waals surface area contributed by atoms with Crippen LogP contribution in [0.3, 0.4) is 0 Å². The average molecular weight is 629 g/mol. The fourth-order valence-corrected chi connectivity index (χ4v) is 9.11. The zero-order valence-corrected chi connectivity index (χ0v) is 33.4. The van der Waals surface area contributed by atoms with Crippen molar-refractivity contribution in [2.75, 3.05) is 6.61 Å². The van der Waals surface area contributed by atoms with Crippen molar-refractivity contribution in [1.82, 2.24) is 0 Å². The molecule has 0 radical (unpaired) electrons. The van der Waals surface area contributed by atoms with Crippen LogP contribution in [0.4, 0.5) is 0 Å². The van der Waals surface area contributed by atoms with Gasteiger partial charge >= 0.3 is 5.97 Å². The fourth-order valence-electron chi connectivity index (χ4n) is 3.44. The Morgan fingerprint density at radius 2 is 0.865 bits per heavy atom. The largest absolute Gasteiger partial charge is 0.518 e. The molecule has 0 aromatic carbocycles. The molecule has 0 aliphatic carbocycles. The molecule has 222 valence electrons. The Morgan fingerprint density at radius 1 is 0.486 bits per heavy atom. The van der Waals surface area contributed by atoms with Gasteiger partial charge in [0.1, 0.15) is 12.2 Å². The van der Waals surface area contributed by atoms with Crippen LogP contribution >= 0.6 is 0 Å². The second kappa shape index (κ2) is 13.5. The van der Waals surface area contributed by atoms with Gasteiger partial charge in [-0.15, -0.1) is 0 Å². The molecule has 0 amide bonds. The van der Waals surface area contributed by atoms with Crippen molar-refractivity contribution in [3.63, 3.8) is 0 Å². The first-order chi connectivity index (χ1) is 16.0. The third-order valence-electron chi connectivity index (χ3n) is 4.27. The predicted molar refractivity (Wildman–Crippen MR) is 172 cm³/mol. The molecule has 0 bridgehead atoms. The standard InChI is InChI=1S/C24H60O7Si6/c1-32(2,3)26-19-20(27-33(4,5)6)21(28-34(7,8)9)22(29-35(10,11)12)23(30-36(13,14)15)24(25)31-37(16,17)18/h20-23H,19H2,1-18H3/t20-,21-,22-,23-/m0/s1. The highest BCUT2D eigenvalue weighted by atomic mass is 28.4. The minimum absolute atomic E-state index is 0.355. The van der Waals surface area contributed by atoms with Crippen LogP contribution in [0.2, 0.25) is 118 Å². The Labute approximate surface area is 235 Å². The molecule has 0 aliphatic rings. The van der Waals surface area contributed by atoms with Crippen molar-refractivity contribution in [3.8, 4) is 0 Å². The molecule has 0 heterocycles. The summed E-state index contributed by atoms with van der Waals surface area (Å²) >= 11 is 0. The molecule has 0 saturated heterocycles. The number of hydrogen-bond donors (Lipinski definition) is 0. The van der Waals surface area contributed by atoms with Gasteiger partial charge in [0, 0.05) is 0 Å². The van der Waals surface area contributed by atoms with E-state index < -0.39 is 68.2 Å². The minimum Gasteiger partial charge on any atom is -0.518 e. The lowest BCUT2D eigenvalue weighted by molar-refractivity contribution is -0.155. The van der Waals surface area contributed by atoms with Crippen molar-refractivity contribution in [3.05, 3.63) is 0 Å². The fraction of sp³-hybridized carbons (Fsp3) is 0.958. The Kier molecular flexibility index (Phi) is 13.7. The summed E-state index contributed by atoms with van der Waals surface area (Å²) in [6, 6.07) is 0. The highest BCUT2D eigenvalue weighted by Crippen LogP contribution is 2.29. The summed E-state index contributed by atoms with van der Waals surface area (Å²) < 4.78 is 39.6. The first-order valence-electron chi connectivity index (χ1n) is 13.6. The number of carbonyl (C=O) groups is 1. The molecule has 13 heteroatoms. The maximum absolute atomic E-state index is 13.8. The maximum atomic E-state index is 13.8. The van der Waals surface area contributed by atoms with Gasteiger partial charge in [-0.05, 0) is 118 Å². The second-order valence-corrected chi connectivity index (χ2v) is 42.6. The van der Waals surface area contributed by atoms with Gasteiger partial charge in [-0.2, -0.15) is 0 Å². The van der Waals surface area contributed by atoms with Gasteiger partial charge in [0.2, 0.25) is 8.32 Å². The summed E-state index contributed by atoms with van der Waals surface area (Å²) in [6.07, 6.45) is -2.48. The smallest absolute Gasteiger partial charge is 0.323 e. The molecule has 0 aromatic heterocycles. The van der Waals surface area contributed by atoms with Gasteiger partial charge < -0.3 is 26.6 Å². The molecule has 4 atom stereocenters. The van der Waals surface area contributed by atoms with E-state index in [0.29, 0.717) is 6.61 Å². The molecule has 37 heavy (non-hydrogen) atoms. The van der Waals surface area contributed by atoms with E-state index in [1.165, 1.54) is 0 Å². The molecular weight excluding hydrogens is 569 g/mol. The van der Waals surface area contributed by atoms with Crippen molar-refractivity contribution < 1.29 is 31.4 Å². The average Bonchev–Trinajstić information content (AvgIpc) is 2.54. The van der Waals surface area contributed by atoms with Crippen molar-refractivity contribution >= 4 is 55.9 Å². The zero-order chi connectivity index (χ0) is 29.8. The monoisotopic (exact) mass is 628 g/mol. The summed E-state index contributed by atoms with van der Waals surface area (Å²) in [5.74, 6) is -0.355. The van der Waals surface area contributed by atoms with Crippen LogP contribution in [-0.4, -0.2) is 86.9 Å². The molecule has 0 unspecified atom stereocenters. The summed E-state index contributed by atoms with van der Waals surface area (Å²) in [6.45, 7) is 38.6. The van der Waals surface area contributed by atoms with Gasteiger partial charge in [0.25, 0.3) is 0 Å². The van der Waals surface area contributed by atoms with Crippen LogP contribution < -0.4 is 0 Å². The van der Waals surface area contributed by atoms with E-state index in [4.69, 9.17) is 26.6 Å². The predicted octanol–water partition coefficient (Wildman–Crippen LogP) is 7.10. The van der Waals surface area contributed by atoms with E-state index in [9.17, 15) is 4.79 Å². The normalized spacial score (nSPS) is 17.8. The van der Waals surface area contributed by atoms with E-state index >= 15 is 0 Å². The lowest BCUT2D eigenvalue weighted by Crippen LogP contribution is -2.61. The molecular formula is C24H60O7Si6. The van der Waals surface area contributed by atoms with Crippen LogP contribution in [0.25, 0.3) is 0 Å². The summed E-state index contributed by atoms with van der Waals surface area (Å²) in [5.41, 5.74) is 0. The number of hydrogen-bond acceptors (Lipinski definition) is 7. The van der Waals surface area contributed by atoms with E-state index in [-0.39, 0.29) is 12.1 Å². The Bertz CT molecular complexity index is 710. The molecule has 0 aromatic rings. The van der Waals surface area contributed by atoms with E-state index in [2.05, 4.69) is 98.2 Å². The highest BCUT2D eigenvalue weighted by Gasteiger charge is 2.48. The molecule has 7 nitrogen and oxygen atoms in total. The Balaban J connectivity index is 7.03. The van der Waals surface area contributed by atoms with Crippen LogP contribution in [0.15, 0.2) is 0 Å². The van der Waals surface area contributed by atoms with Gasteiger partial charge in [-0.25, -0.2) is 0 Å². The lowest BCUT2D eigenvalue weighted by atomic mass is 10.0. The third-order valence-corrected chi connectivity index (χ3v) is 10.0. The molecule has 0 aliphatic heterocycles. The molecule has 0 saturated carbocycles. The van der Waals surface area contributed by atoms with E-state index in [1.54, 1.807) is 0 Å². The minimum atomic E-state index is -2.18. The summed E-state index contributed by atoms with van der Waals surface area (Å²) in [5, 5.41) is 0. The van der Waals surface area contributed by atoms with Crippen molar-refractivity contribution in [2.45, 2.75) is 142 Å². The second-order valence-electron chi connectivity index (χ2n) is 15.8. The molecule has 0 spiro atoms. The first kappa shape index (κ1) is 37.6. The van der Waals surface area contributed by atoms with Crippen LogP contribution in [0, 0.1) is 0 Å². The zero-order valence-electron chi connectivity index (χ0n) is 27.4. The van der Waals surface area contributed by atoms with Crippen molar-refractivity contribution in [2.24, 2.45) is 0 Å². The van der Waals surface area contributed by atoms with E-state index in [1.807, 2.05) is 19.6 Å². The summed E-state index contributed by atoms with van der Waals surface area (Å²) in [4.78, 5) is 13.8. The van der Waals surface area contributed by atoms with Crippen LogP contribution in [0.5, 0.6) is 0 Å². The maximum Gasteiger partial charge on any atom is 0.323 e. The molecule has 0 rings (SSSR count). The van der Waals surface area contributed by atoms with Gasteiger partial charge in [0.05, 0.1) is 12.7 Å². The van der Waals surface area contributed by atoms with Crippen molar-refractivity contribution in [1.29, 1.82) is 0 Å². The number of carbonyl (C=O) groups excluding carboxylic acids is 1. The topological polar surface area (TPSA) is 72.5 Å². The van der Waals surface area contributed by atoms with Crippen LogP contribution in [0.1, 0.15) is 0 Å². The van der Waals surface area contributed by atoms with Gasteiger partial charge in [-0.3, -0.25) is 4.79 Å². The van der Waals surface area contributed by atoms with Gasteiger partial charge in [-0.1, -0.05) is 0 Å². The molecule has 0 N–H and O–H groups in total. The first-order valence-corrected chi connectivity index (χ1v) is 34.0. The molecule has 0 fully saturated rings. The van der Waals surface area contributed by atoms with E-state index in [0.717, 1.165) is 0 Å². The SMILES string of the molecule is C[Si](C)(C)OC[C@H](O[Si](C)(C)C)[C@H](O[Si](C)(C)C)[C@H](O[Si](C)(C)C)[C@H](O[Si](C)(C)C)C(=O)O[Si](C)(C)C. The third kappa shape index (κ3) is 19.3. The summed E-state index contributed by atoms with van der Waals surface area (Å²) in [7, 11) is -12.5. The Hall–Kier alpha value is 0.571. The highest BCUT2D eigenvalue weighted by molar-refractivity contribution is 6.72. The lowest BCUT2D eigenvalue weighted by Gasteiger charge is -2.45. The van der Waals surface area contributed by atoms with Gasteiger partial charge in [0.15, 0.2) is 47.7 Å². The number of rotatable bonds is 16.